The molecule has 3 nitrogen and oxygen atoms in total. The summed E-state index contributed by atoms with van der Waals surface area (Å²) in [7, 11) is 1.80. The first kappa shape index (κ1) is 30.5. The van der Waals surface area contributed by atoms with Gasteiger partial charge in [-0.3, -0.25) is 4.79 Å². The molecule has 0 aromatic carbocycles. The molecule has 0 N–H and O–H groups in total. The Labute approximate surface area is 207 Å². The van der Waals surface area contributed by atoms with Gasteiger partial charge in [-0.05, 0) is 47.0 Å². The molecule has 1 rings (SSSR count). The van der Waals surface area contributed by atoms with E-state index in [-0.39, 0.29) is 17.2 Å². The van der Waals surface area contributed by atoms with E-state index in [1.165, 1.54) is 103 Å². The Kier molecular flexibility index (Phi) is 15.7. The highest BCUT2D eigenvalue weighted by Gasteiger charge is 2.47. The Morgan fingerprint density at radius 1 is 0.667 bits per heavy atom. The third-order valence-electron chi connectivity index (χ3n) is 7.74. The maximum absolute atomic E-state index is 13.1. The normalized spacial score (nSPS) is 18.1. The fourth-order valence-corrected chi connectivity index (χ4v) is 6.14. The minimum absolute atomic E-state index is 0.131. The Hall–Kier alpha value is -0.570. The van der Waals surface area contributed by atoms with Crippen LogP contribution in [-0.2, 0) is 9.53 Å². The molecule has 3 heteroatoms. The fourth-order valence-electron chi connectivity index (χ4n) is 6.14. The second kappa shape index (κ2) is 17.0. The lowest BCUT2D eigenvalue weighted by Crippen LogP contribution is -2.64. The lowest BCUT2D eigenvalue weighted by atomic mass is 9.77. The number of hydrogen-bond acceptors (Lipinski definition) is 2. The Balaban J connectivity index is 2.00. The number of unbranched alkanes of at least 4 members (excludes halogenated alkanes) is 16. The summed E-state index contributed by atoms with van der Waals surface area (Å²) in [5.41, 5.74) is -0.262. The van der Waals surface area contributed by atoms with E-state index >= 15 is 0 Å². The zero-order chi connectivity index (χ0) is 24.6. The lowest BCUT2D eigenvalue weighted by molar-refractivity contribution is -0.156. The van der Waals surface area contributed by atoms with Crippen LogP contribution < -0.4 is 0 Å². The van der Waals surface area contributed by atoms with Crippen molar-refractivity contribution in [1.82, 2.24) is 4.90 Å². The summed E-state index contributed by atoms with van der Waals surface area (Å²) in [5.74, 6) is 0.334. The molecule has 1 fully saturated rings. The molecule has 33 heavy (non-hydrogen) atoms. The van der Waals surface area contributed by atoms with Gasteiger partial charge in [0.1, 0.15) is 0 Å². The predicted molar refractivity (Wildman–Crippen MR) is 144 cm³/mol. The summed E-state index contributed by atoms with van der Waals surface area (Å²) in [6.07, 6.45) is 26.1. The second-order valence-electron chi connectivity index (χ2n) is 12.0. The van der Waals surface area contributed by atoms with Gasteiger partial charge in [-0.1, -0.05) is 110 Å². The van der Waals surface area contributed by atoms with Crippen molar-refractivity contribution in [2.45, 2.75) is 180 Å². The first-order chi connectivity index (χ1) is 15.7. The van der Waals surface area contributed by atoms with Crippen molar-refractivity contribution >= 4 is 5.91 Å². The van der Waals surface area contributed by atoms with Gasteiger partial charge >= 0.3 is 0 Å². The van der Waals surface area contributed by atoms with Gasteiger partial charge in [-0.2, -0.15) is 0 Å². The highest BCUT2D eigenvalue weighted by atomic mass is 16.5. The number of ether oxygens (including phenoxy) is 1. The fraction of sp³-hybridized carbons (Fsp3) is 0.967. The second-order valence-corrected chi connectivity index (χ2v) is 12.0. The van der Waals surface area contributed by atoms with Crippen LogP contribution in [0.15, 0.2) is 0 Å². The summed E-state index contributed by atoms with van der Waals surface area (Å²) >= 11 is 0. The Morgan fingerprint density at radius 3 is 1.33 bits per heavy atom. The summed E-state index contributed by atoms with van der Waals surface area (Å²) < 4.78 is 5.65. The quantitative estimate of drug-likeness (QED) is 0.178. The standard InChI is InChI=1S/C30H59NO2/c1-7-8-9-10-11-12-13-14-15-16-17-18-19-20-21-22-23-24-28(32)31-29(2,3)25-27(33-6)26-30(31,4)5/h27H,7-26H2,1-6H3. The van der Waals surface area contributed by atoms with Gasteiger partial charge in [0.2, 0.25) is 5.91 Å². The van der Waals surface area contributed by atoms with Gasteiger partial charge in [0.25, 0.3) is 0 Å². The van der Waals surface area contributed by atoms with Crippen LogP contribution in [0.2, 0.25) is 0 Å². The van der Waals surface area contributed by atoms with Crippen LogP contribution in [-0.4, -0.2) is 35.1 Å². The molecule has 0 bridgehead atoms. The molecule has 0 unspecified atom stereocenters. The number of likely N-dealkylation sites (tertiary alicyclic amines) is 1. The number of amides is 1. The van der Waals surface area contributed by atoms with E-state index in [0.717, 1.165) is 19.3 Å². The molecule has 1 saturated heterocycles. The smallest absolute Gasteiger partial charge is 0.223 e. The largest absolute Gasteiger partial charge is 0.381 e. The topological polar surface area (TPSA) is 29.5 Å². The van der Waals surface area contributed by atoms with Crippen molar-refractivity contribution in [2.75, 3.05) is 7.11 Å². The van der Waals surface area contributed by atoms with Crippen LogP contribution >= 0.6 is 0 Å². The van der Waals surface area contributed by atoms with E-state index in [9.17, 15) is 4.79 Å². The minimum atomic E-state index is -0.131. The maximum atomic E-state index is 13.1. The third-order valence-corrected chi connectivity index (χ3v) is 7.74. The number of methoxy groups -OCH3 is 1. The molecule has 0 aliphatic carbocycles. The molecule has 0 atom stereocenters. The van der Waals surface area contributed by atoms with Crippen LogP contribution in [0.5, 0.6) is 0 Å². The van der Waals surface area contributed by atoms with E-state index in [0.29, 0.717) is 12.3 Å². The molecule has 0 saturated carbocycles. The van der Waals surface area contributed by atoms with Crippen LogP contribution in [0.25, 0.3) is 0 Å². The van der Waals surface area contributed by atoms with Crippen molar-refractivity contribution in [3.05, 3.63) is 0 Å². The summed E-state index contributed by atoms with van der Waals surface area (Å²) in [6.45, 7) is 11.1. The van der Waals surface area contributed by atoms with Crippen molar-refractivity contribution < 1.29 is 9.53 Å². The molecule has 0 aromatic rings. The van der Waals surface area contributed by atoms with E-state index < -0.39 is 0 Å². The highest BCUT2D eigenvalue weighted by Crippen LogP contribution is 2.40. The van der Waals surface area contributed by atoms with Crippen LogP contribution in [0.4, 0.5) is 0 Å². The Morgan fingerprint density at radius 2 is 1.00 bits per heavy atom. The summed E-state index contributed by atoms with van der Waals surface area (Å²) in [5, 5.41) is 0. The number of piperidine rings is 1. The molecule has 0 radical (unpaired) electrons. The van der Waals surface area contributed by atoms with E-state index in [2.05, 4.69) is 39.5 Å². The number of carbonyl (C=O) groups excluding carboxylic acids is 1. The van der Waals surface area contributed by atoms with Gasteiger partial charge in [0, 0.05) is 24.6 Å². The zero-order valence-electron chi connectivity index (χ0n) is 23.5. The molecule has 1 aliphatic rings. The number of rotatable bonds is 19. The SMILES string of the molecule is CCCCCCCCCCCCCCCCCCCC(=O)N1C(C)(C)CC(OC)CC1(C)C. The van der Waals surface area contributed by atoms with E-state index in [1.807, 2.05) is 0 Å². The highest BCUT2D eigenvalue weighted by molar-refractivity contribution is 5.78. The van der Waals surface area contributed by atoms with Gasteiger partial charge in [0.15, 0.2) is 0 Å². The van der Waals surface area contributed by atoms with Crippen molar-refractivity contribution in [3.8, 4) is 0 Å². The molecule has 0 spiro atoms. The van der Waals surface area contributed by atoms with Crippen LogP contribution in [0, 0.1) is 0 Å². The molecule has 0 aromatic heterocycles. The average Bonchev–Trinajstić information content (AvgIpc) is 2.74. The summed E-state index contributed by atoms with van der Waals surface area (Å²) in [4.78, 5) is 15.2. The number of carbonyl (C=O) groups is 1. The molecule has 1 aliphatic heterocycles. The first-order valence-electron chi connectivity index (χ1n) is 14.6. The lowest BCUT2D eigenvalue weighted by Gasteiger charge is -2.55. The third kappa shape index (κ3) is 12.6. The first-order valence-corrected chi connectivity index (χ1v) is 14.6. The van der Waals surface area contributed by atoms with Crippen molar-refractivity contribution in [3.63, 3.8) is 0 Å². The maximum Gasteiger partial charge on any atom is 0.223 e. The van der Waals surface area contributed by atoms with Crippen molar-refractivity contribution in [1.29, 1.82) is 0 Å². The van der Waals surface area contributed by atoms with Gasteiger partial charge in [0.05, 0.1) is 6.10 Å². The van der Waals surface area contributed by atoms with E-state index in [1.54, 1.807) is 7.11 Å². The predicted octanol–water partition coefficient (Wildman–Crippen LogP) is 9.22. The van der Waals surface area contributed by atoms with Gasteiger partial charge < -0.3 is 9.64 Å². The van der Waals surface area contributed by atoms with Crippen LogP contribution in [0.1, 0.15) is 163 Å². The van der Waals surface area contributed by atoms with E-state index in [4.69, 9.17) is 4.74 Å². The molecule has 1 heterocycles. The molecular weight excluding hydrogens is 406 g/mol. The van der Waals surface area contributed by atoms with Gasteiger partial charge in [-0.25, -0.2) is 0 Å². The Bertz CT molecular complexity index is 482. The summed E-state index contributed by atoms with van der Waals surface area (Å²) in [6, 6.07) is 0. The monoisotopic (exact) mass is 465 g/mol. The average molecular weight is 466 g/mol. The minimum Gasteiger partial charge on any atom is -0.381 e. The number of hydrogen-bond donors (Lipinski definition) is 0. The molecule has 1 amide bonds. The van der Waals surface area contributed by atoms with Crippen molar-refractivity contribution in [2.24, 2.45) is 0 Å². The number of nitrogens with zero attached hydrogens (tertiary/aromatic N) is 1. The zero-order valence-corrected chi connectivity index (χ0v) is 23.5. The molecular formula is C30H59NO2. The molecule has 196 valence electrons. The van der Waals surface area contributed by atoms with Crippen LogP contribution in [0.3, 0.4) is 0 Å². The van der Waals surface area contributed by atoms with Gasteiger partial charge in [-0.15, -0.1) is 0 Å².